The standard InChI is InChI=1S/C4H2N4OS/c9-10-4-3(7-8-10)1-5-2-6-4/h1-2H. The fourth-order valence-corrected chi connectivity index (χ4v) is 1.28. The van der Waals surface area contributed by atoms with E-state index in [1.165, 1.54) is 12.5 Å². The number of hydrogen-bond donors (Lipinski definition) is 0. The van der Waals surface area contributed by atoms with Crippen molar-refractivity contribution in [2.75, 3.05) is 0 Å². The molecule has 0 aliphatic carbocycles. The molecular weight excluding hydrogens is 152 g/mol. The highest BCUT2D eigenvalue weighted by Crippen LogP contribution is 2.25. The Balaban J connectivity index is 2.70. The summed E-state index contributed by atoms with van der Waals surface area (Å²) in [5.74, 6) is 0. The summed E-state index contributed by atoms with van der Waals surface area (Å²) in [6.07, 6.45) is 2.81. The van der Waals surface area contributed by atoms with Crippen LogP contribution in [0, 0.1) is 0 Å². The number of rotatable bonds is 0. The molecule has 1 aliphatic heterocycles. The third-order valence-corrected chi connectivity index (χ3v) is 1.92. The number of nitrogens with zero attached hydrogens (tertiary/aromatic N) is 4. The molecule has 0 aromatic carbocycles. The predicted octanol–water partition coefficient (Wildman–Crippen LogP) is 0.596. The van der Waals surface area contributed by atoms with Gasteiger partial charge in [0.15, 0.2) is 5.03 Å². The molecule has 5 nitrogen and oxygen atoms in total. The summed E-state index contributed by atoms with van der Waals surface area (Å²) in [6.45, 7) is 0. The van der Waals surface area contributed by atoms with Crippen LogP contribution in [0.15, 0.2) is 27.2 Å². The summed E-state index contributed by atoms with van der Waals surface area (Å²) in [4.78, 5) is 7.43. The lowest BCUT2D eigenvalue weighted by molar-refractivity contribution is 0.682. The Morgan fingerprint density at radius 1 is 1.50 bits per heavy atom. The van der Waals surface area contributed by atoms with Gasteiger partial charge < -0.3 is 0 Å². The van der Waals surface area contributed by atoms with E-state index in [1.807, 2.05) is 0 Å². The minimum Gasteiger partial charge on any atom is -0.242 e. The highest BCUT2D eigenvalue weighted by Gasteiger charge is 2.16. The summed E-state index contributed by atoms with van der Waals surface area (Å²) >= 11 is 0. The van der Waals surface area contributed by atoms with E-state index in [4.69, 9.17) is 0 Å². The smallest absolute Gasteiger partial charge is 0.213 e. The molecule has 0 spiro atoms. The third-order valence-electron chi connectivity index (χ3n) is 1.05. The van der Waals surface area contributed by atoms with Crippen LogP contribution in [0.1, 0.15) is 0 Å². The van der Waals surface area contributed by atoms with Crippen molar-refractivity contribution in [1.82, 2.24) is 9.97 Å². The number of hydrogen-bond acceptors (Lipinski definition) is 4. The minimum atomic E-state index is -1.39. The second kappa shape index (κ2) is 1.91. The van der Waals surface area contributed by atoms with Crippen LogP contribution in [0.3, 0.4) is 0 Å². The van der Waals surface area contributed by atoms with E-state index < -0.39 is 11.0 Å². The zero-order chi connectivity index (χ0) is 6.97. The maximum Gasteiger partial charge on any atom is 0.213 e. The molecule has 0 fully saturated rings. The lowest BCUT2D eigenvalue weighted by Gasteiger charge is -1.86. The van der Waals surface area contributed by atoms with Crippen LogP contribution in [-0.4, -0.2) is 14.2 Å². The van der Waals surface area contributed by atoms with Gasteiger partial charge in [0.2, 0.25) is 11.0 Å². The van der Waals surface area contributed by atoms with Crippen molar-refractivity contribution in [2.24, 2.45) is 9.63 Å². The highest BCUT2D eigenvalue weighted by molar-refractivity contribution is 7.83. The number of fused-ring (bicyclic) bond motifs is 1. The Bertz CT molecular complexity index is 323. The molecule has 0 bridgehead atoms. The van der Waals surface area contributed by atoms with Gasteiger partial charge in [0.25, 0.3) is 0 Å². The van der Waals surface area contributed by atoms with Gasteiger partial charge in [-0.05, 0) is 0 Å². The van der Waals surface area contributed by atoms with Gasteiger partial charge in [-0.15, -0.1) is 5.11 Å². The van der Waals surface area contributed by atoms with Gasteiger partial charge in [-0.3, -0.25) is 0 Å². The van der Waals surface area contributed by atoms with E-state index >= 15 is 0 Å². The Hall–Kier alpha value is -1.17. The summed E-state index contributed by atoms with van der Waals surface area (Å²) < 4.78 is 14.2. The first-order valence-electron chi connectivity index (χ1n) is 2.51. The second-order valence-corrected chi connectivity index (χ2v) is 2.69. The van der Waals surface area contributed by atoms with Crippen LogP contribution in [0.4, 0.5) is 5.69 Å². The fourth-order valence-electron chi connectivity index (χ4n) is 0.634. The summed E-state index contributed by atoms with van der Waals surface area (Å²) in [5.41, 5.74) is 0.501. The molecule has 1 aromatic heterocycles. The average molecular weight is 154 g/mol. The van der Waals surface area contributed by atoms with E-state index in [1.54, 1.807) is 0 Å². The fraction of sp³-hybridized carbons (Fsp3) is 0. The van der Waals surface area contributed by atoms with Gasteiger partial charge in [0.05, 0.1) is 6.20 Å². The predicted molar refractivity (Wildman–Crippen MR) is 33.0 cm³/mol. The maximum atomic E-state index is 10.8. The van der Waals surface area contributed by atoms with Gasteiger partial charge in [-0.2, -0.15) is 0 Å². The first-order chi connectivity index (χ1) is 4.88. The largest absolute Gasteiger partial charge is 0.242 e. The molecule has 0 saturated heterocycles. The van der Waals surface area contributed by atoms with Gasteiger partial charge >= 0.3 is 0 Å². The molecule has 0 saturated carbocycles. The highest BCUT2D eigenvalue weighted by atomic mass is 32.2. The minimum absolute atomic E-state index is 0.398. The molecule has 2 rings (SSSR count). The average Bonchev–Trinajstić information content (AvgIpc) is 2.34. The van der Waals surface area contributed by atoms with Crippen molar-refractivity contribution in [3.8, 4) is 0 Å². The van der Waals surface area contributed by atoms with Gasteiger partial charge in [-0.1, -0.05) is 4.52 Å². The Morgan fingerprint density at radius 3 is 3.20 bits per heavy atom. The van der Waals surface area contributed by atoms with Crippen LogP contribution in [0.25, 0.3) is 0 Å². The monoisotopic (exact) mass is 154 g/mol. The zero-order valence-electron chi connectivity index (χ0n) is 4.76. The molecular formula is C4H2N4OS. The quantitative estimate of drug-likeness (QED) is 0.514. The van der Waals surface area contributed by atoms with Crippen LogP contribution in [-0.2, 0) is 11.0 Å². The van der Waals surface area contributed by atoms with Crippen molar-refractivity contribution in [3.63, 3.8) is 0 Å². The molecule has 6 heteroatoms. The van der Waals surface area contributed by atoms with Crippen LogP contribution in [0.2, 0.25) is 0 Å². The summed E-state index contributed by atoms with van der Waals surface area (Å²) in [7, 11) is -1.39. The molecule has 1 aliphatic rings. The van der Waals surface area contributed by atoms with Crippen molar-refractivity contribution < 1.29 is 4.21 Å². The van der Waals surface area contributed by atoms with Crippen molar-refractivity contribution >= 4 is 16.7 Å². The van der Waals surface area contributed by atoms with E-state index in [9.17, 15) is 4.21 Å². The van der Waals surface area contributed by atoms with Crippen LogP contribution >= 0.6 is 0 Å². The van der Waals surface area contributed by atoms with E-state index in [0.29, 0.717) is 10.7 Å². The molecule has 1 aromatic rings. The van der Waals surface area contributed by atoms with Crippen LogP contribution < -0.4 is 0 Å². The van der Waals surface area contributed by atoms with Crippen molar-refractivity contribution in [1.29, 1.82) is 0 Å². The van der Waals surface area contributed by atoms with Gasteiger partial charge in [0, 0.05) is 0 Å². The molecule has 0 N–H and O–H groups in total. The van der Waals surface area contributed by atoms with Crippen molar-refractivity contribution in [3.05, 3.63) is 12.5 Å². The number of aromatic nitrogens is 2. The first-order valence-corrected chi connectivity index (χ1v) is 3.62. The molecule has 1 atom stereocenters. The third kappa shape index (κ3) is 0.655. The topological polar surface area (TPSA) is 67.6 Å². The van der Waals surface area contributed by atoms with Gasteiger partial charge in [0.1, 0.15) is 12.0 Å². The van der Waals surface area contributed by atoms with Gasteiger partial charge in [-0.25, -0.2) is 14.2 Å². The lowest BCUT2D eigenvalue weighted by atomic mass is 10.6. The zero-order valence-corrected chi connectivity index (χ0v) is 5.58. The van der Waals surface area contributed by atoms with E-state index in [0.717, 1.165) is 0 Å². The first kappa shape index (κ1) is 5.60. The van der Waals surface area contributed by atoms with Crippen molar-refractivity contribution in [2.45, 2.75) is 5.03 Å². The molecule has 0 radical (unpaired) electrons. The van der Waals surface area contributed by atoms with E-state index in [-0.39, 0.29) is 0 Å². The SMILES string of the molecule is O=S1N=Nc2cncnc21. The lowest BCUT2D eigenvalue weighted by Crippen LogP contribution is -1.86. The molecule has 2 heterocycles. The maximum absolute atomic E-state index is 10.8. The Morgan fingerprint density at radius 2 is 2.40 bits per heavy atom. The Kier molecular flexibility index (Phi) is 1.07. The second-order valence-electron chi connectivity index (χ2n) is 1.64. The van der Waals surface area contributed by atoms with Crippen LogP contribution in [0.5, 0.6) is 0 Å². The summed E-state index contributed by atoms with van der Waals surface area (Å²) in [5, 5.41) is 3.98. The molecule has 0 amide bonds. The summed E-state index contributed by atoms with van der Waals surface area (Å²) in [6, 6.07) is 0. The Labute approximate surface area is 58.8 Å². The molecule has 1 unspecified atom stereocenters. The normalized spacial score (nSPS) is 21.0. The molecule has 10 heavy (non-hydrogen) atoms. The molecule has 50 valence electrons. The van der Waals surface area contributed by atoms with E-state index in [2.05, 4.69) is 19.6 Å².